The van der Waals surface area contributed by atoms with Crippen molar-refractivity contribution in [3.63, 3.8) is 0 Å². The lowest BCUT2D eigenvalue weighted by atomic mass is 10.1. The summed E-state index contributed by atoms with van der Waals surface area (Å²) in [6.45, 7) is 0. The third-order valence-electron chi connectivity index (χ3n) is 2.86. The van der Waals surface area contributed by atoms with Gasteiger partial charge in [0.15, 0.2) is 5.78 Å². The molecule has 0 aliphatic carbocycles. The van der Waals surface area contributed by atoms with Crippen LogP contribution in [0, 0.1) is 0 Å². The molecular weight excluding hydrogens is 308 g/mol. The number of rotatable bonds is 7. The van der Waals surface area contributed by atoms with E-state index in [1.807, 2.05) is 0 Å². The number of furan rings is 1. The predicted molar refractivity (Wildman–Crippen MR) is 79.7 cm³/mol. The van der Waals surface area contributed by atoms with E-state index >= 15 is 0 Å². The van der Waals surface area contributed by atoms with Crippen LogP contribution in [-0.4, -0.2) is 33.9 Å². The van der Waals surface area contributed by atoms with E-state index in [9.17, 15) is 13.8 Å². The summed E-state index contributed by atoms with van der Waals surface area (Å²) >= 11 is 0. The molecule has 0 radical (unpaired) electrons. The van der Waals surface area contributed by atoms with Crippen molar-refractivity contribution < 1.29 is 28.1 Å². The number of Topliss-reactive ketones (excluding diaryl/α,β-unsaturated/α-hetero) is 1. The van der Waals surface area contributed by atoms with E-state index in [-0.39, 0.29) is 28.8 Å². The van der Waals surface area contributed by atoms with Gasteiger partial charge in [-0.2, -0.15) is 0 Å². The summed E-state index contributed by atoms with van der Waals surface area (Å²) < 4.78 is 22.0. The van der Waals surface area contributed by atoms with Crippen LogP contribution in [0.15, 0.2) is 40.8 Å². The van der Waals surface area contributed by atoms with Crippen LogP contribution in [0.5, 0.6) is 5.75 Å². The smallest absolute Gasteiger partial charge is 0.371 e. The van der Waals surface area contributed by atoms with Gasteiger partial charge in [0.1, 0.15) is 11.5 Å². The van der Waals surface area contributed by atoms with E-state index in [4.69, 9.17) is 14.3 Å². The molecule has 0 fully saturated rings. The van der Waals surface area contributed by atoms with E-state index in [1.165, 1.54) is 19.2 Å². The number of carboxylic acids is 1. The minimum Gasteiger partial charge on any atom is -0.497 e. The fourth-order valence-corrected chi connectivity index (χ4v) is 2.84. The largest absolute Gasteiger partial charge is 0.497 e. The fraction of sp³-hybridized carbons (Fsp3) is 0.200. The number of ketones is 1. The van der Waals surface area contributed by atoms with Gasteiger partial charge in [-0.15, -0.1) is 0 Å². The van der Waals surface area contributed by atoms with Crippen LogP contribution in [0.25, 0.3) is 0 Å². The van der Waals surface area contributed by atoms with Gasteiger partial charge in [-0.3, -0.25) is 9.00 Å². The molecule has 0 aliphatic rings. The zero-order valence-electron chi connectivity index (χ0n) is 11.8. The Hall–Kier alpha value is -2.41. The second kappa shape index (κ2) is 7.04. The molecule has 0 saturated heterocycles. The van der Waals surface area contributed by atoms with Crippen molar-refractivity contribution in [3.05, 3.63) is 53.5 Å². The van der Waals surface area contributed by atoms with Crippen molar-refractivity contribution in [1.29, 1.82) is 0 Å². The summed E-state index contributed by atoms with van der Waals surface area (Å²) in [5.74, 6) is -1.04. The van der Waals surface area contributed by atoms with Gasteiger partial charge in [0.05, 0.1) is 18.6 Å². The normalized spacial score (nSPS) is 11.9. The molecule has 2 rings (SSSR count). The minimum atomic E-state index is -1.49. The monoisotopic (exact) mass is 322 g/mol. The first-order valence-electron chi connectivity index (χ1n) is 6.34. The highest BCUT2D eigenvalue weighted by Crippen LogP contribution is 2.15. The Bertz CT molecular complexity index is 718. The molecule has 1 aromatic carbocycles. The Morgan fingerprint density at radius 3 is 2.68 bits per heavy atom. The zero-order valence-corrected chi connectivity index (χ0v) is 12.6. The summed E-state index contributed by atoms with van der Waals surface area (Å²) in [6, 6.07) is 9.33. The molecule has 1 unspecified atom stereocenters. The Labute approximate surface area is 129 Å². The van der Waals surface area contributed by atoms with Gasteiger partial charge < -0.3 is 14.3 Å². The SMILES string of the molecule is COc1cccc(C(=O)CS(=O)Cc2ccc(C(=O)O)o2)c1. The lowest BCUT2D eigenvalue weighted by molar-refractivity contribution is 0.0660. The van der Waals surface area contributed by atoms with E-state index in [0.717, 1.165) is 0 Å². The molecule has 116 valence electrons. The first kappa shape index (κ1) is 16.0. The number of hydrogen-bond donors (Lipinski definition) is 1. The molecular formula is C15H14O6S. The number of aromatic carboxylic acids is 1. The van der Waals surface area contributed by atoms with Gasteiger partial charge in [0.2, 0.25) is 5.76 Å². The van der Waals surface area contributed by atoms with Gasteiger partial charge in [-0.1, -0.05) is 12.1 Å². The quantitative estimate of drug-likeness (QED) is 0.785. The number of benzene rings is 1. The van der Waals surface area contributed by atoms with Gasteiger partial charge in [-0.05, 0) is 24.3 Å². The predicted octanol–water partition coefficient (Wildman–Crippen LogP) is 2.12. The van der Waals surface area contributed by atoms with E-state index < -0.39 is 16.8 Å². The van der Waals surface area contributed by atoms with Crippen LogP contribution in [0.2, 0.25) is 0 Å². The summed E-state index contributed by atoms with van der Waals surface area (Å²) in [6.07, 6.45) is 0. The number of carbonyl (C=O) groups excluding carboxylic acids is 1. The molecule has 6 nitrogen and oxygen atoms in total. The van der Waals surface area contributed by atoms with Crippen LogP contribution in [0.4, 0.5) is 0 Å². The van der Waals surface area contributed by atoms with Crippen LogP contribution >= 0.6 is 0 Å². The summed E-state index contributed by atoms with van der Waals surface area (Å²) in [5.41, 5.74) is 0.415. The van der Waals surface area contributed by atoms with Crippen molar-refractivity contribution >= 4 is 22.6 Å². The van der Waals surface area contributed by atoms with Crippen LogP contribution < -0.4 is 4.74 Å². The lowest BCUT2D eigenvalue weighted by Crippen LogP contribution is -2.12. The molecule has 2 aromatic rings. The Morgan fingerprint density at radius 2 is 2.05 bits per heavy atom. The molecule has 0 saturated carbocycles. The maximum absolute atomic E-state index is 12.1. The van der Waals surface area contributed by atoms with Crippen molar-refractivity contribution in [3.8, 4) is 5.75 Å². The molecule has 1 heterocycles. The van der Waals surface area contributed by atoms with Crippen molar-refractivity contribution in [2.75, 3.05) is 12.9 Å². The molecule has 0 spiro atoms. The van der Waals surface area contributed by atoms with Crippen LogP contribution in [0.3, 0.4) is 0 Å². The zero-order chi connectivity index (χ0) is 16.1. The van der Waals surface area contributed by atoms with Crippen LogP contribution in [0.1, 0.15) is 26.7 Å². The number of methoxy groups -OCH3 is 1. The van der Waals surface area contributed by atoms with E-state index in [2.05, 4.69) is 0 Å². The molecule has 1 N–H and O–H groups in total. The number of carbonyl (C=O) groups is 2. The van der Waals surface area contributed by atoms with E-state index in [1.54, 1.807) is 24.3 Å². The minimum absolute atomic E-state index is 0.0109. The maximum atomic E-state index is 12.1. The Kier molecular flexibility index (Phi) is 5.11. The third kappa shape index (κ3) is 4.05. The first-order chi connectivity index (χ1) is 10.5. The molecule has 0 bridgehead atoms. The molecule has 1 aromatic heterocycles. The van der Waals surface area contributed by atoms with Gasteiger partial charge in [0, 0.05) is 16.4 Å². The summed E-state index contributed by atoms with van der Waals surface area (Å²) in [7, 11) is 0.0116. The lowest BCUT2D eigenvalue weighted by Gasteiger charge is -2.03. The standard InChI is InChI=1S/C15H14O6S/c1-20-11-4-2-3-10(7-11)13(16)9-22(19)8-12-5-6-14(21-12)15(17)18/h2-7H,8-9H2,1H3,(H,17,18). The summed E-state index contributed by atoms with van der Waals surface area (Å²) in [4.78, 5) is 22.7. The highest BCUT2D eigenvalue weighted by molar-refractivity contribution is 7.85. The number of ether oxygens (including phenoxy) is 1. The number of carboxylic acid groups (broad SMARTS) is 1. The van der Waals surface area contributed by atoms with Crippen molar-refractivity contribution in [2.45, 2.75) is 5.75 Å². The van der Waals surface area contributed by atoms with Gasteiger partial charge >= 0.3 is 5.97 Å². The van der Waals surface area contributed by atoms with Crippen molar-refractivity contribution in [2.24, 2.45) is 0 Å². The second-order valence-corrected chi connectivity index (χ2v) is 5.91. The number of hydrogen-bond acceptors (Lipinski definition) is 5. The average Bonchev–Trinajstić information content (AvgIpc) is 2.95. The third-order valence-corrected chi connectivity index (χ3v) is 4.05. The van der Waals surface area contributed by atoms with Crippen molar-refractivity contribution in [1.82, 2.24) is 0 Å². The first-order valence-corrected chi connectivity index (χ1v) is 7.82. The molecule has 22 heavy (non-hydrogen) atoms. The van der Waals surface area contributed by atoms with Crippen LogP contribution in [-0.2, 0) is 16.6 Å². The maximum Gasteiger partial charge on any atom is 0.371 e. The molecule has 7 heteroatoms. The second-order valence-electron chi connectivity index (χ2n) is 4.45. The topological polar surface area (TPSA) is 93.8 Å². The van der Waals surface area contributed by atoms with Gasteiger partial charge in [-0.25, -0.2) is 4.79 Å². The van der Waals surface area contributed by atoms with E-state index in [0.29, 0.717) is 11.3 Å². The Balaban J connectivity index is 1.98. The Morgan fingerprint density at radius 1 is 1.27 bits per heavy atom. The highest BCUT2D eigenvalue weighted by atomic mass is 32.2. The molecule has 1 atom stereocenters. The molecule has 0 aliphatic heterocycles. The fourth-order valence-electron chi connectivity index (χ4n) is 1.81. The molecule has 0 amide bonds. The van der Waals surface area contributed by atoms with Gasteiger partial charge in [0.25, 0.3) is 0 Å². The highest BCUT2D eigenvalue weighted by Gasteiger charge is 2.15. The summed E-state index contributed by atoms with van der Waals surface area (Å²) in [5, 5.41) is 8.74. The average molecular weight is 322 g/mol.